The summed E-state index contributed by atoms with van der Waals surface area (Å²) in [6.45, 7) is 0.945. The van der Waals surface area contributed by atoms with E-state index in [0.29, 0.717) is 5.75 Å². The van der Waals surface area contributed by atoms with Crippen LogP contribution in [0, 0.1) is 5.82 Å². The molecule has 0 heterocycles. The Bertz CT molecular complexity index is 439. The van der Waals surface area contributed by atoms with E-state index in [1.807, 2.05) is 0 Å². The summed E-state index contributed by atoms with van der Waals surface area (Å²) in [6.07, 6.45) is -2.36. The van der Waals surface area contributed by atoms with Gasteiger partial charge in [0.1, 0.15) is 11.9 Å². The quantitative estimate of drug-likeness (QED) is 0.737. The fourth-order valence-electron chi connectivity index (χ4n) is 1.64. The van der Waals surface area contributed by atoms with Gasteiger partial charge in [-0.2, -0.15) is 0 Å². The number of carbonyl (C=O) groups excluding carboxylic acids is 1. The number of aliphatic hydroxyl groups excluding tert-OH is 3. The van der Waals surface area contributed by atoms with Crippen molar-refractivity contribution < 1.29 is 24.5 Å². The second-order valence-corrected chi connectivity index (χ2v) is 5.39. The second kappa shape index (κ2) is 7.59. The third kappa shape index (κ3) is 4.58. The molecule has 0 radical (unpaired) electrons. The van der Waals surface area contributed by atoms with E-state index in [9.17, 15) is 19.4 Å². The van der Waals surface area contributed by atoms with Gasteiger partial charge in [0, 0.05) is 23.8 Å². The number of hydrogen-bond acceptors (Lipinski definition) is 5. The van der Waals surface area contributed by atoms with Crippen LogP contribution in [-0.4, -0.2) is 32.3 Å². The van der Waals surface area contributed by atoms with E-state index in [4.69, 9.17) is 5.11 Å². The molecular formula is C13H17FO4S. The van der Waals surface area contributed by atoms with Crippen molar-refractivity contribution in [2.45, 2.75) is 32.2 Å². The minimum atomic E-state index is -1.38. The molecule has 0 aliphatic carbocycles. The molecular weight excluding hydrogens is 271 g/mol. The van der Waals surface area contributed by atoms with E-state index >= 15 is 0 Å². The largest absolute Gasteiger partial charge is 0.392 e. The highest BCUT2D eigenvalue weighted by Crippen LogP contribution is 2.25. The first kappa shape index (κ1) is 16.1. The van der Waals surface area contributed by atoms with Gasteiger partial charge < -0.3 is 15.3 Å². The highest BCUT2D eigenvalue weighted by atomic mass is 32.2. The lowest BCUT2D eigenvalue weighted by Crippen LogP contribution is -2.20. The molecule has 3 N–H and O–H groups in total. The lowest BCUT2D eigenvalue weighted by molar-refractivity contribution is -0.109. The maximum Gasteiger partial charge on any atom is 0.185 e. The van der Waals surface area contributed by atoms with Crippen LogP contribution in [0.1, 0.15) is 30.6 Å². The Hall–Kier alpha value is -0.950. The summed E-state index contributed by atoms with van der Waals surface area (Å²) in [5.41, 5.74) is 0.0220. The van der Waals surface area contributed by atoms with Gasteiger partial charge in [0.15, 0.2) is 5.12 Å². The van der Waals surface area contributed by atoms with Gasteiger partial charge in [0.05, 0.1) is 12.7 Å². The number of rotatable bonds is 6. The molecule has 19 heavy (non-hydrogen) atoms. The summed E-state index contributed by atoms with van der Waals surface area (Å²) in [5.74, 6) is -0.356. The smallest absolute Gasteiger partial charge is 0.185 e. The van der Waals surface area contributed by atoms with Crippen molar-refractivity contribution in [3.05, 3.63) is 35.1 Å². The number of benzene rings is 1. The third-order valence-corrected chi connectivity index (χ3v) is 3.53. The van der Waals surface area contributed by atoms with Crippen LogP contribution < -0.4 is 0 Å². The van der Waals surface area contributed by atoms with E-state index in [-0.39, 0.29) is 22.7 Å². The molecule has 2 atom stereocenters. The van der Waals surface area contributed by atoms with Gasteiger partial charge in [-0.1, -0.05) is 30.0 Å². The van der Waals surface area contributed by atoms with Crippen molar-refractivity contribution >= 4 is 16.9 Å². The third-order valence-electron chi connectivity index (χ3n) is 2.68. The molecule has 4 nitrogen and oxygen atoms in total. The van der Waals surface area contributed by atoms with Gasteiger partial charge in [-0.05, 0) is 6.42 Å². The Morgan fingerprint density at radius 1 is 1.42 bits per heavy atom. The van der Waals surface area contributed by atoms with Crippen LogP contribution in [0.3, 0.4) is 0 Å². The summed E-state index contributed by atoms with van der Waals surface area (Å²) in [5, 5.41) is 28.5. The lowest BCUT2D eigenvalue weighted by atomic mass is 10.00. The van der Waals surface area contributed by atoms with Gasteiger partial charge >= 0.3 is 0 Å². The van der Waals surface area contributed by atoms with Crippen LogP contribution in [0.2, 0.25) is 0 Å². The van der Waals surface area contributed by atoms with Crippen molar-refractivity contribution in [1.29, 1.82) is 0 Å². The van der Waals surface area contributed by atoms with E-state index in [1.165, 1.54) is 25.1 Å². The van der Waals surface area contributed by atoms with E-state index in [0.717, 1.165) is 11.8 Å². The normalized spacial score (nSPS) is 14.2. The predicted octanol–water partition coefficient (Wildman–Crippen LogP) is 1.38. The predicted molar refractivity (Wildman–Crippen MR) is 71.0 cm³/mol. The molecule has 0 aliphatic rings. The molecule has 0 saturated carbocycles. The maximum absolute atomic E-state index is 13.8. The fraction of sp³-hybridized carbons (Fsp3) is 0.462. The molecule has 0 aromatic heterocycles. The molecule has 6 heteroatoms. The molecule has 0 bridgehead atoms. The molecule has 0 spiro atoms. The number of thioether (sulfide) groups is 1. The summed E-state index contributed by atoms with van der Waals surface area (Å²) in [7, 11) is 0. The fourth-order valence-corrected chi connectivity index (χ4v) is 2.29. The van der Waals surface area contributed by atoms with Gasteiger partial charge in [0.25, 0.3) is 0 Å². The Labute approximate surface area is 115 Å². The number of carbonyl (C=O) groups is 1. The average molecular weight is 288 g/mol. The van der Waals surface area contributed by atoms with Crippen LogP contribution in [-0.2, 0) is 11.4 Å². The number of halogens is 1. The minimum Gasteiger partial charge on any atom is -0.392 e. The van der Waals surface area contributed by atoms with Crippen molar-refractivity contribution in [2.75, 3.05) is 5.75 Å². The summed E-state index contributed by atoms with van der Waals surface area (Å²) >= 11 is 1.04. The first-order valence-corrected chi connectivity index (χ1v) is 6.83. The average Bonchev–Trinajstić information content (AvgIpc) is 2.37. The monoisotopic (exact) mass is 288 g/mol. The molecule has 2 unspecified atom stereocenters. The van der Waals surface area contributed by atoms with Gasteiger partial charge in [0.2, 0.25) is 0 Å². The van der Waals surface area contributed by atoms with E-state index < -0.39 is 24.6 Å². The van der Waals surface area contributed by atoms with Crippen LogP contribution in [0.15, 0.2) is 18.2 Å². The Kier molecular flexibility index (Phi) is 6.44. The van der Waals surface area contributed by atoms with Crippen molar-refractivity contribution in [2.24, 2.45) is 0 Å². The lowest BCUT2D eigenvalue weighted by Gasteiger charge is -2.19. The zero-order valence-corrected chi connectivity index (χ0v) is 11.4. The van der Waals surface area contributed by atoms with Crippen molar-refractivity contribution in [1.82, 2.24) is 0 Å². The SMILES string of the molecule is CC(=O)SCCC(O)C(O)c1cccc(CO)c1F. The first-order chi connectivity index (χ1) is 8.97. The van der Waals surface area contributed by atoms with Crippen LogP contribution in [0.5, 0.6) is 0 Å². The van der Waals surface area contributed by atoms with E-state index in [2.05, 4.69) is 0 Å². The minimum absolute atomic E-state index is 0.0492. The van der Waals surface area contributed by atoms with Gasteiger partial charge in [-0.3, -0.25) is 4.79 Å². The molecule has 0 fully saturated rings. The van der Waals surface area contributed by atoms with Crippen molar-refractivity contribution in [3.63, 3.8) is 0 Å². The number of aliphatic hydroxyl groups is 3. The van der Waals surface area contributed by atoms with Crippen LogP contribution in [0.4, 0.5) is 4.39 Å². The van der Waals surface area contributed by atoms with E-state index in [1.54, 1.807) is 0 Å². The zero-order valence-electron chi connectivity index (χ0n) is 10.5. The molecule has 0 amide bonds. The Morgan fingerprint density at radius 2 is 2.11 bits per heavy atom. The van der Waals surface area contributed by atoms with Crippen molar-refractivity contribution in [3.8, 4) is 0 Å². The van der Waals surface area contributed by atoms with Gasteiger partial charge in [-0.15, -0.1) is 0 Å². The summed E-state index contributed by atoms with van der Waals surface area (Å²) in [6, 6.07) is 4.27. The van der Waals surface area contributed by atoms with Crippen LogP contribution in [0.25, 0.3) is 0 Å². The molecule has 1 rings (SSSR count). The topological polar surface area (TPSA) is 77.8 Å². The molecule has 0 aliphatic heterocycles. The Balaban J connectivity index is 2.71. The highest BCUT2D eigenvalue weighted by Gasteiger charge is 2.22. The molecule has 1 aromatic rings. The second-order valence-electron chi connectivity index (χ2n) is 4.12. The number of hydrogen-bond donors (Lipinski definition) is 3. The maximum atomic E-state index is 13.8. The Morgan fingerprint density at radius 3 is 2.68 bits per heavy atom. The summed E-state index contributed by atoms with van der Waals surface area (Å²) < 4.78 is 13.8. The molecule has 1 aromatic carbocycles. The standard InChI is InChI=1S/C13H17FO4S/c1-8(16)19-6-5-11(17)13(18)10-4-2-3-9(7-15)12(10)14/h2-4,11,13,15,17-18H,5-7H2,1H3. The van der Waals surface area contributed by atoms with Crippen LogP contribution >= 0.6 is 11.8 Å². The highest BCUT2D eigenvalue weighted by molar-refractivity contribution is 8.13. The molecule has 106 valence electrons. The van der Waals surface area contributed by atoms with Gasteiger partial charge in [-0.25, -0.2) is 4.39 Å². The molecule has 0 saturated heterocycles. The first-order valence-electron chi connectivity index (χ1n) is 5.85. The zero-order chi connectivity index (χ0) is 14.4. The summed E-state index contributed by atoms with van der Waals surface area (Å²) in [4.78, 5) is 10.7.